The zero-order valence-corrected chi connectivity index (χ0v) is 17.5. The van der Waals surface area contributed by atoms with Gasteiger partial charge in [0, 0.05) is 23.1 Å². The fourth-order valence-electron chi connectivity index (χ4n) is 2.83. The van der Waals surface area contributed by atoms with E-state index in [9.17, 15) is 9.59 Å². The van der Waals surface area contributed by atoms with Crippen molar-refractivity contribution < 1.29 is 14.3 Å². The van der Waals surface area contributed by atoms with Gasteiger partial charge < -0.3 is 20.7 Å². The van der Waals surface area contributed by atoms with Gasteiger partial charge in [-0.2, -0.15) is 0 Å². The van der Waals surface area contributed by atoms with Crippen molar-refractivity contribution in [2.45, 2.75) is 13.0 Å². The van der Waals surface area contributed by atoms with E-state index in [4.69, 9.17) is 4.74 Å². The molecule has 6 nitrogen and oxygen atoms in total. The number of rotatable bonds is 8. The molecule has 0 aliphatic heterocycles. The van der Waals surface area contributed by atoms with Crippen LogP contribution in [0.5, 0.6) is 5.75 Å². The van der Waals surface area contributed by atoms with Crippen LogP contribution >= 0.6 is 0 Å². The molecule has 0 heterocycles. The lowest BCUT2D eigenvalue weighted by molar-refractivity contribution is -0.123. The average Bonchev–Trinajstić information content (AvgIpc) is 2.79. The van der Waals surface area contributed by atoms with Gasteiger partial charge in [-0.15, -0.1) is 0 Å². The van der Waals surface area contributed by atoms with E-state index in [2.05, 4.69) is 16.0 Å². The minimum absolute atomic E-state index is 0.303. The highest BCUT2D eigenvalue weighted by Gasteiger charge is 2.14. The fourth-order valence-corrected chi connectivity index (χ4v) is 2.83. The van der Waals surface area contributed by atoms with Crippen LogP contribution in [0.2, 0.25) is 0 Å². The van der Waals surface area contributed by atoms with E-state index < -0.39 is 6.04 Å². The van der Waals surface area contributed by atoms with Crippen LogP contribution in [0, 0.1) is 0 Å². The van der Waals surface area contributed by atoms with Crippen molar-refractivity contribution in [1.29, 1.82) is 0 Å². The summed E-state index contributed by atoms with van der Waals surface area (Å²) in [6, 6.07) is 23.8. The molecule has 0 saturated heterocycles. The SMILES string of the molecule is COc1ccc(/C=C/C(=O)NC(C)C(=O)Nc2cccc(Nc3ccccc3)c2)cc1. The maximum atomic E-state index is 12.5. The van der Waals surface area contributed by atoms with Crippen molar-refractivity contribution in [1.82, 2.24) is 5.32 Å². The largest absolute Gasteiger partial charge is 0.497 e. The first-order valence-corrected chi connectivity index (χ1v) is 9.89. The Labute approximate surface area is 181 Å². The summed E-state index contributed by atoms with van der Waals surface area (Å²) in [6.45, 7) is 1.64. The molecule has 158 valence electrons. The van der Waals surface area contributed by atoms with Crippen LogP contribution < -0.4 is 20.7 Å². The Kier molecular flexibility index (Phi) is 7.43. The van der Waals surface area contributed by atoms with E-state index in [0.29, 0.717) is 5.69 Å². The maximum Gasteiger partial charge on any atom is 0.246 e. The molecule has 0 aliphatic carbocycles. The lowest BCUT2D eigenvalue weighted by Gasteiger charge is -2.14. The Morgan fingerprint density at radius 1 is 0.871 bits per heavy atom. The first-order valence-electron chi connectivity index (χ1n) is 9.89. The van der Waals surface area contributed by atoms with Gasteiger partial charge in [-0.25, -0.2) is 0 Å². The van der Waals surface area contributed by atoms with E-state index >= 15 is 0 Å². The van der Waals surface area contributed by atoms with Crippen LogP contribution in [0.1, 0.15) is 12.5 Å². The molecule has 1 atom stereocenters. The van der Waals surface area contributed by atoms with Gasteiger partial charge in [-0.05, 0) is 61.0 Å². The number of anilines is 3. The molecule has 2 amide bonds. The summed E-state index contributed by atoms with van der Waals surface area (Å²) < 4.78 is 5.11. The van der Waals surface area contributed by atoms with Gasteiger partial charge in [0.25, 0.3) is 0 Å². The van der Waals surface area contributed by atoms with Crippen LogP contribution in [0.15, 0.2) is 84.9 Å². The number of methoxy groups -OCH3 is 1. The van der Waals surface area contributed by atoms with E-state index in [-0.39, 0.29) is 11.8 Å². The zero-order valence-electron chi connectivity index (χ0n) is 17.5. The molecule has 3 rings (SSSR count). The number of hydrogen-bond donors (Lipinski definition) is 3. The molecule has 3 aromatic carbocycles. The number of hydrogen-bond acceptors (Lipinski definition) is 4. The first kappa shape index (κ1) is 21.6. The van der Waals surface area contributed by atoms with Crippen molar-refractivity contribution in [2.24, 2.45) is 0 Å². The minimum atomic E-state index is -0.696. The molecule has 1 unspecified atom stereocenters. The van der Waals surface area contributed by atoms with Gasteiger partial charge in [0.05, 0.1) is 7.11 Å². The van der Waals surface area contributed by atoms with E-state index in [1.165, 1.54) is 6.08 Å². The van der Waals surface area contributed by atoms with Gasteiger partial charge in [-0.3, -0.25) is 9.59 Å². The minimum Gasteiger partial charge on any atom is -0.497 e. The van der Waals surface area contributed by atoms with Gasteiger partial charge in [0.2, 0.25) is 11.8 Å². The number of carbonyl (C=O) groups is 2. The predicted molar refractivity (Wildman–Crippen MR) is 124 cm³/mol. The van der Waals surface area contributed by atoms with Gasteiger partial charge in [-0.1, -0.05) is 36.4 Å². The van der Waals surface area contributed by atoms with Crippen LogP contribution in [-0.2, 0) is 9.59 Å². The van der Waals surface area contributed by atoms with E-state index in [1.807, 2.05) is 72.8 Å². The first-order chi connectivity index (χ1) is 15.0. The van der Waals surface area contributed by atoms with Crippen molar-refractivity contribution >= 4 is 35.0 Å². The third kappa shape index (κ3) is 6.75. The quantitative estimate of drug-likeness (QED) is 0.470. The molecule has 0 fully saturated rings. The molecular weight excluding hydrogens is 390 g/mol. The summed E-state index contributed by atoms with van der Waals surface area (Å²) in [5.41, 5.74) is 3.30. The molecule has 0 radical (unpaired) electrons. The highest BCUT2D eigenvalue weighted by molar-refractivity contribution is 6.00. The van der Waals surface area contributed by atoms with Crippen LogP contribution in [0.3, 0.4) is 0 Å². The predicted octanol–water partition coefficient (Wildman–Crippen LogP) is 4.60. The third-order valence-electron chi connectivity index (χ3n) is 4.49. The molecule has 0 aliphatic rings. The highest BCUT2D eigenvalue weighted by atomic mass is 16.5. The summed E-state index contributed by atoms with van der Waals surface area (Å²) in [4.78, 5) is 24.6. The zero-order chi connectivity index (χ0) is 22.1. The number of carbonyl (C=O) groups excluding carboxylic acids is 2. The Morgan fingerprint density at radius 2 is 1.55 bits per heavy atom. The van der Waals surface area contributed by atoms with E-state index in [0.717, 1.165) is 22.7 Å². The Morgan fingerprint density at radius 3 is 2.26 bits per heavy atom. The monoisotopic (exact) mass is 415 g/mol. The van der Waals surface area contributed by atoms with Crippen LogP contribution in [0.4, 0.5) is 17.1 Å². The second kappa shape index (κ2) is 10.6. The van der Waals surface area contributed by atoms with Crippen molar-refractivity contribution in [2.75, 3.05) is 17.7 Å². The number of ether oxygens (including phenoxy) is 1. The Balaban J connectivity index is 1.53. The number of nitrogens with one attached hydrogen (secondary N) is 3. The molecule has 0 saturated carbocycles. The number of benzene rings is 3. The highest BCUT2D eigenvalue weighted by Crippen LogP contribution is 2.20. The normalized spacial score (nSPS) is 11.5. The lowest BCUT2D eigenvalue weighted by Crippen LogP contribution is -2.40. The Hall–Kier alpha value is -4.06. The Bertz CT molecular complexity index is 1050. The van der Waals surface area contributed by atoms with Crippen molar-refractivity contribution in [3.8, 4) is 5.75 Å². The van der Waals surface area contributed by atoms with Gasteiger partial charge >= 0.3 is 0 Å². The van der Waals surface area contributed by atoms with Crippen LogP contribution in [-0.4, -0.2) is 25.0 Å². The fraction of sp³-hybridized carbons (Fsp3) is 0.120. The average molecular weight is 415 g/mol. The second-order valence-corrected chi connectivity index (χ2v) is 6.90. The lowest BCUT2D eigenvalue weighted by atomic mass is 10.2. The van der Waals surface area contributed by atoms with Crippen LogP contribution in [0.25, 0.3) is 6.08 Å². The summed E-state index contributed by atoms with van der Waals surface area (Å²) in [5.74, 6) is 0.0935. The topological polar surface area (TPSA) is 79.5 Å². The third-order valence-corrected chi connectivity index (χ3v) is 4.49. The van der Waals surface area contributed by atoms with Crippen molar-refractivity contribution in [3.05, 3.63) is 90.5 Å². The molecule has 3 aromatic rings. The van der Waals surface area contributed by atoms with Gasteiger partial charge in [0.1, 0.15) is 11.8 Å². The molecule has 0 aromatic heterocycles. The summed E-state index contributed by atoms with van der Waals surface area (Å²) >= 11 is 0. The summed E-state index contributed by atoms with van der Waals surface area (Å²) in [5, 5.41) is 8.78. The standard InChI is InChI=1S/C25H25N3O3/c1-18(26-24(29)16-13-19-11-14-23(31-2)15-12-19)25(30)28-22-10-6-9-21(17-22)27-20-7-4-3-5-8-20/h3-18,27H,1-2H3,(H,26,29)(H,28,30)/b16-13+. The summed E-state index contributed by atoms with van der Waals surface area (Å²) in [7, 11) is 1.60. The second-order valence-electron chi connectivity index (χ2n) is 6.90. The summed E-state index contributed by atoms with van der Waals surface area (Å²) in [6.07, 6.45) is 3.08. The molecule has 6 heteroatoms. The van der Waals surface area contributed by atoms with Gasteiger partial charge in [0.15, 0.2) is 0 Å². The van der Waals surface area contributed by atoms with Crippen molar-refractivity contribution in [3.63, 3.8) is 0 Å². The molecule has 0 spiro atoms. The molecular formula is C25H25N3O3. The van der Waals surface area contributed by atoms with E-state index in [1.54, 1.807) is 26.2 Å². The molecule has 31 heavy (non-hydrogen) atoms. The maximum absolute atomic E-state index is 12.5. The number of amides is 2. The smallest absolute Gasteiger partial charge is 0.246 e. The number of para-hydroxylation sites is 1. The molecule has 3 N–H and O–H groups in total. The molecule has 0 bridgehead atoms.